The standard InChI is InChI=1S/C21H26N4O3/c22-20(26)18-4-1-3-17(15-18)16-5-7-19(8-6-16)24-21(27)23-9-2-10-25-11-13-28-14-12-25/h1,3-8,15H,2,9-14H2,(H2,22,26)(H2,23,24,27). The second-order valence-electron chi connectivity index (χ2n) is 6.71. The molecule has 1 aliphatic rings. The van der Waals surface area contributed by atoms with Crippen molar-refractivity contribution in [1.82, 2.24) is 10.2 Å². The number of nitrogens with one attached hydrogen (secondary N) is 2. The number of morpholine rings is 1. The Morgan fingerprint density at radius 3 is 2.50 bits per heavy atom. The van der Waals surface area contributed by atoms with E-state index in [-0.39, 0.29) is 6.03 Å². The monoisotopic (exact) mass is 382 g/mol. The predicted octanol–water partition coefficient (Wildman–Crippen LogP) is 2.30. The number of rotatable bonds is 7. The van der Waals surface area contributed by atoms with E-state index >= 15 is 0 Å². The molecule has 2 aromatic carbocycles. The minimum atomic E-state index is -0.453. The molecule has 0 aliphatic carbocycles. The number of nitrogens with two attached hydrogens (primary N) is 1. The molecule has 1 heterocycles. The molecule has 2 aromatic rings. The van der Waals surface area contributed by atoms with Crippen LogP contribution in [0.25, 0.3) is 11.1 Å². The van der Waals surface area contributed by atoms with Gasteiger partial charge in [0.2, 0.25) is 5.91 Å². The molecule has 7 nitrogen and oxygen atoms in total. The van der Waals surface area contributed by atoms with Crippen LogP contribution in [0.15, 0.2) is 48.5 Å². The highest BCUT2D eigenvalue weighted by Crippen LogP contribution is 2.22. The van der Waals surface area contributed by atoms with Gasteiger partial charge in [-0.3, -0.25) is 9.69 Å². The highest BCUT2D eigenvalue weighted by molar-refractivity contribution is 5.94. The Labute approximate surface area is 164 Å². The maximum Gasteiger partial charge on any atom is 0.319 e. The maximum atomic E-state index is 12.0. The molecule has 0 atom stereocenters. The summed E-state index contributed by atoms with van der Waals surface area (Å²) in [5.41, 5.74) is 8.35. The molecule has 1 saturated heterocycles. The normalized spacial score (nSPS) is 14.4. The quantitative estimate of drug-likeness (QED) is 0.640. The zero-order valence-electron chi connectivity index (χ0n) is 15.8. The minimum Gasteiger partial charge on any atom is -0.379 e. The minimum absolute atomic E-state index is 0.217. The van der Waals surface area contributed by atoms with Gasteiger partial charge in [0.15, 0.2) is 0 Å². The average molecular weight is 382 g/mol. The molecule has 148 valence electrons. The van der Waals surface area contributed by atoms with Crippen molar-refractivity contribution in [3.8, 4) is 11.1 Å². The first kappa shape index (κ1) is 19.9. The topological polar surface area (TPSA) is 96.7 Å². The molecule has 28 heavy (non-hydrogen) atoms. The van der Waals surface area contributed by atoms with Gasteiger partial charge in [-0.25, -0.2) is 4.79 Å². The van der Waals surface area contributed by atoms with Crippen molar-refractivity contribution < 1.29 is 14.3 Å². The lowest BCUT2D eigenvalue weighted by Crippen LogP contribution is -2.38. The fourth-order valence-electron chi connectivity index (χ4n) is 3.10. The molecule has 0 spiro atoms. The van der Waals surface area contributed by atoms with Gasteiger partial charge >= 0.3 is 6.03 Å². The molecule has 0 bridgehead atoms. The molecule has 7 heteroatoms. The third-order valence-electron chi connectivity index (χ3n) is 4.66. The van der Waals surface area contributed by atoms with E-state index in [1.807, 2.05) is 30.3 Å². The molecule has 0 unspecified atom stereocenters. The van der Waals surface area contributed by atoms with Crippen LogP contribution in [0.1, 0.15) is 16.8 Å². The Kier molecular flexibility index (Phi) is 7.00. The van der Waals surface area contributed by atoms with Crippen LogP contribution in [-0.4, -0.2) is 56.2 Å². The third-order valence-corrected chi connectivity index (χ3v) is 4.66. The van der Waals surface area contributed by atoms with Crippen molar-refractivity contribution in [1.29, 1.82) is 0 Å². The smallest absolute Gasteiger partial charge is 0.319 e. The van der Waals surface area contributed by atoms with Crippen molar-refractivity contribution in [3.05, 3.63) is 54.1 Å². The van der Waals surface area contributed by atoms with Crippen LogP contribution in [0.3, 0.4) is 0 Å². The van der Waals surface area contributed by atoms with Gasteiger partial charge in [-0.2, -0.15) is 0 Å². The first-order valence-corrected chi connectivity index (χ1v) is 9.47. The number of hydrogen-bond acceptors (Lipinski definition) is 4. The molecule has 3 amide bonds. The number of hydrogen-bond donors (Lipinski definition) is 3. The fourth-order valence-corrected chi connectivity index (χ4v) is 3.10. The lowest BCUT2D eigenvalue weighted by molar-refractivity contribution is 0.0375. The Morgan fingerprint density at radius 1 is 1.04 bits per heavy atom. The second kappa shape index (κ2) is 9.87. The molecule has 0 radical (unpaired) electrons. The summed E-state index contributed by atoms with van der Waals surface area (Å²) >= 11 is 0. The number of ether oxygens (including phenoxy) is 1. The average Bonchev–Trinajstić information content (AvgIpc) is 2.72. The van der Waals surface area contributed by atoms with Crippen LogP contribution in [0.2, 0.25) is 0 Å². The van der Waals surface area contributed by atoms with Gasteiger partial charge < -0.3 is 21.1 Å². The SMILES string of the molecule is NC(=O)c1cccc(-c2ccc(NC(=O)NCCCN3CCOCC3)cc2)c1. The van der Waals surface area contributed by atoms with E-state index in [0.29, 0.717) is 17.8 Å². The van der Waals surface area contributed by atoms with E-state index in [4.69, 9.17) is 10.5 Å². The Bertz CT molecular complexity index is 802. The van der Waals surface area contributed by atoms with Crippen LogP contribution in [0.5, 0.6) is 0 Å². The summed E-state index contributed by atoms with van der Waals surface area (Å²) in [5, 5.41) is 5.71. The van der Waals surface area contributed by atoms with Gasteiger partial charge in [-0.1, -0.05) is 24.3 Å². The van der Waals surface area contributed by atoms with E-state index < -0.39 is 5.91 Å². The van der Waals surface area contributed by atoms with Crippen molar-refractivity contribution in [3.63, 3.8) is 0 Å². The van der Waals surface area contributed by atoms with E-state index in [0.717, 1.165) is 50.4 Å². The number of nitrogens with zero attached hydrogens (tertiary/aromatic N) is 1. The summed E-state index contributed by atoms with van der Waals surface area (Å²) in [6.07, 6.45) is 0.905. The lowest BCUT2D eigenvalue weighted by Gasteiger charge is -2.26. The molecule has 0 saturated carbocycles. The summed E-state index contributed by atoms with van der Waals surface area (Å²) < 4.78 is 5.32. The summed E-state index contributed by atoms with van der Waals surface area (Å²) in [6.45, 7) is 5.08. The highest BCUT2D eigenvalue weighted by atomic mass is 16.5. The summed E-state index contributed by atoms with van der Waals surface area (Å²) in [5.74, 6) is -0.453. The van der Waals surface area contributed by atoms with E-state index in [2.05, 4.69) is 15.5 Å². The molecule has 1 fully saturated rings. The van der Waals surface area contributed by atoms with E-state index in [1.54, 1.807) is 18.2 Å². The zero-order valence-corrected chi connectivity index (χ0v) is 15.8. The number of benzene rings is 2. The number of urea groups is 1. The molecule has 3 rings (SSSR count). The largest absolute Gasteiger partial charge is 0.379 e. The molecular formula is C21H26N4O3. The van der Waals surface area contributed by atoms with E-state index in [9.17, 15) is 9.59 Å². The Morgan fingerprint density at radius 2 is 1.79 bits per heavy atom. The Hall–Kier alpha value is -2.90. The number of carbonyl (C=O) groups excluding carboxylic acids is 2. The van der Waals surface area contributed by atoms with Gasteiger partial charge in [0.1, 0.15) is 0 Å². The third kappa shape index (κ3) is 5.80. The highest BCUT2D eigenvalue weighted by Gasteiger charge is 2.09. The molecule has 4 N–H and O–H groups in total. The van der Waals surface area contributed by atoms with Crippen molar-refractivity contribution in [2.75, 3.05) is 44.7 Å². The van der Waals surface area contributed by atoms with Crippen LogP contribution in [0, 0.1) is 0 Å². The summed E-state index contributed by atoms with van der Waals surface area (Å²) in [7, 11) is 0. The van der Waals surface area contributed by atoms with Crippen LogP contribution < -0.4 is 16.4 Å². The van der Waals surface area contributed by atoms with Gasteiger partial charge in [-0.15, -0.1) is 0 Å². The van der Waals surface area contributed by atoms with E-state index in [1.165, 1.54) is 0 Å². The summed E-state index contributed by atoms with van der Waals surface area (Å²) in [4.78, 5) is 25.7. The summed E-state index contributed by atoms with van der Waals surface area (Å²) in [6, 6.07) is 14.4. The maximum absolute atomic E-state index is 12.0. The number of anilines is 1. The van der Waals surface area contributed by atoms with Crippen molar-refractivity contribution in [2.24, 2.45) is 5.73 Å². The van der Waals surface area contributed by atoms with Gasteiger partial charge in [-0.05, 0) is 48.4 Å². The lowest BCUT2D eigenvalue weighted by atomic mass is 10.0. The first-order chi connectivity index (χ1) is 13.6. The van der Waals surface area contributed by atoms with Crippen LogP contribution in [0.4, 0.5) is 10.5 Å². The van der Waals surface area contributed by atoms with Gasteiger partial charge in [0.05, 0.1) is 13.2 Å². The Balaban J connectivity index is 1.45. The zero-order chi connectivity index (χ0) is 19.8. The van der Waals surface area contributed by atoms with Crippen molar-refractivity contribution in [2.45, 2.75) is 6.42 Å². The van der Waals surface area contributed by atoms with Gasteiger partial charge in [0.25, 0.3) is 0 Å². The van der Waals surface area contributed by atoms with Crippen molar-refractivity contribution >= 4 is 17.6 Å². The molecular weight excluding hydrogens is 356 g/mol. The van der Waals surface area contributed by atoms with Crippen LogP contribution >= 0.6 is 0 Å². The second-order valence-corrected chi connectivity index (χ2v) is 6.71. The fraction of sp³-hybridized carbons (Fsp3) is 0.333. The molecule has 1 aliphatic heterocycles. The predicted molar refractivity (Wildman–Crippen MR) is 109 cm³/mol. The number of carbonyl (C=O) groups is 2. The number of amides is 3. The van der Waals surface area contributed by atoms with Crippen LogP contribution in [-0.2, 0) is 4.74 Å². The number of primary amides is 1. The molecule has 0 aromatic heterocycles. The van der Waals surface area contributed by atoms with Gasteiger partial charge in [0, 0.05) is 30.9 Å². The first-order valence-electron chi connectivity index (χ1n) is 9.47.